The van der Waals surface area contributed by atoms with Gasteiger partial charge in [0.15, 0.2) is 0 Å². The zero-order valence-electron chi connectivity index (χ0n) is 13.8. The topological polar surface area (TPSA) is 41.6 Å². The molecule has 0 atom stereocenters. The molecule has 22 heavy (non-hydrogen) atoms. The monoisotopic (exact) mass is 304 g/mol. The van der Waals surface area contributed by atoms with Crippen LogP contribution in [-0.2, 0) is 0 Å². The molecule has 1 N–H and O–H groups in total. The second-order valence-corrected chi connectivity index (χ2v) is 6.06. The third-order valence-corrected chi connectivity index (χ3v) is 4.24. The Morgan fingerprint density at radius 1 is 1.32 bits per heavy atom. The Morgan fingerprint density at radius 3 is 2.77 bits per heavy atom. The lowest BCUT2D eigenvalue weighted by Gasteiger charge is -2.30. The van der Waals surface area contributed by atoms with E-state index in [0.717, 1.165) is 18.9 Å². The average molecular weight is 304 g/mol. The number of amides is 1. The summed E-state index contributed by atoms with van der Waals surface area (Å²) >= 11 is 0. The van der Waals surface area contributed by atoms with Crippen molar-refractivity contribution in [3.63, 3.8) is 0 Å². The van der Waals surface area contributed by atoms with Gasteiger partial charge < -0.3 is 15.0 Å². The summed E-state index contributed by atoms with van der Waals surface area (Å²) in [5.41, 5.74) is 0.621. The Bertz CT molecular complexity index is 468. The highest BCUT2D eigenvalue weighted by Crippen LogP contribution is 2.18. The largest absolute Gasteiger partial charge is 0.493 e. The maximum atomic E-state index is 12.2. The summed E-state index contributed by atoms with van der Waals surface area (Å²) < 4.78 is 5.50. The molecule has 1 aliphatic heterocycles. The molecule has 0 bridgehead atoms. The zero-order valence-corrected chi connectivity index (χ0v) is 13.8. The molecule has 122 valence electrons. The van der Waals surface area contributed by atoms with Crippen molar-refractivity contribution < 1.29 is 9.53 Å². The number of hydrogen-bond donors (Lipinski definition) is 1. The maximum absolute atomic E-state index is 12.2. The number of piperidine rings is 1. The van der Waals surface area contributed by atoms with Gasteiger partial charge in [0.2, 0.25) is 0 Å². The Hall–Kier alpha value is -1.55. The molecule has 1 amide bonds. The normalized spacial score (nSPS) is 16.5. The number of nitrogens with one attached hydrogen (secondary N) is 1. The lowest BCUT2D eigenvalue weighted by atomic mass is 9.99. The Morgan fingerprint density at radius 2 is 2.05 bits per heavy atom. The van der Waals surface area contributed by atoms with E-state index in [9.17, 15) is 4.79 Å². The summed E-state index contributed by atoms with van der Waals surface area (Å²) in [6.45, 7) is 9.00. The molecule has 2 rings (SSSR count). The Labute approximate surface area is 133 Å². The Kier molecular flexibility index (Phi) is 6.72. The van der Waals surface area contributed by atoms with Crippen molar-refractivity contribution in [1.29, 1.82) is 0 Å². The van der Waals surface area contributed by atoms with E-state index in [-0.39, 0.29) is 5.91 Å². The number of nitrogens with zero attached hydrogens (tertiary/aromatic N) is 1. The van der Waals surface area contributed by atoms with Crippen LogP contribution in [0.5, 0.6) is 5.75 Å². The van der Waals surface area contributed by atoms with Crippen LogP contribution < -0.4 is 10.1 Å². The van der Waals surface area contributed by atoms with Gasteiger partial charge in [-0.1, -0.05) is 19.1 Å². The van der Waals surface area contributed by atoms with Crippen molar-refractivity contribution in [3.05, 3.63) is 29.8 Å². The molecule has 0 spiro atoms. The molecule has 1 aromatic rings. The molecule has 0 unspecified atom stereocenters. The number of hydrogen-bond acceptors (Lipinski definition) is 3. The summed E-state index contributed by atoms with van der Waals surface area (Å²) in [5, 5.41) is 3.00. The van der Waals surface area contributed by atoms with Crippen molar-refractivity contribution in [1.82, 2.24) is 10.2 Å². The van der Waals surface area contributed by atoms with Crippen LogP contribution in [0.25, 0.3) is 0 Å². The Balaban J connectivity index is 1.72. The van der Waals surface area contributed by atoms with Crippen LogP contribution in [0.3, 0.4) is 0 Å². The number of ether oxygens (including phenoxy) is 1. The van der Waals surface area contributed by atoms with E-state index in [1.54, 1.807) is 0 Å². The smallest absolute Gasteiger partial charge is 0.255 e. The summed E-state index contributed by atoms with van der Waals surface area (Å²) in [4.78, 5) is 14.7. The fraction of sp³-hybridized carbons (Fsp3) is 0.611. The van der Waals surface area contributed by atoms with Gasteiger partial charge in [0.25, 0.3) is 5.91 Å². The van der Waals surface area contributed by atoms with Crippen LogP contribution in [0.15, 0.2) is 24.3 Å². The molecule has 1 aliphatic rings. The van der Waals surface area contributed by atoms with Crippen molar-refractivity contribution in [3.8, 4) is 5.75 Å². The van der Waals surface area contributed by atoms with Crippen molar-refractivity contribution in [2.24, 2.45) is 5.92 Å². The predicted molar refractivity (Wildman–Crippen MR) is 89.4 cm³/mol. The first-order valence-corrected chi connectivity index (χ1v) is 8.43. The first kappa shape index (κ1) is 16.8. The molecule has 1 aromatic carbocycles. The lowest BCUT2D eigenvalue weighted by molar-refractivity contribution is 0.0947. The average Bonchev–Trinajstić information content (AvgIpc) is 2.54. The summed E-state index contributed by atoms with van der Waals surface area (Å²) in [6.07, 6.45) is 3.60. The molecular weight excluding hydrogens is 276 g/mol. The lowest BCUT2D eigenvalue weighted by Crippen LogP contribution is -2.35. The minimum absolute atomic E-state index is 0.0451. The van der Waals surface area contributed by atoms with Crippen LogP contribution in [-0.4, -0.2) is 43.6 Å². The van der Waals surface area contributed by atoms with Gasteiger partial charge in [-0.3, -0.25) is 4.79 Å². The van der Waals surface area contributed by atoms with E-state index >= 15 is 0 Å². The van der Waals surface area contributed by atoms with Gasteiger partial charge in [-0.25, -0.2) is 0 Å². The number of rotatable bonds is 7. The fourth-order valence-electron chi connectivity index (χ4n) is 2.82. The summed E-state index contributed by atoms with van der Waals surface area (Å²) in [5.74, 6) is 1.48. The van der Waals surface area contributed by atoms with Gasteiger partial charge in [0.05, 0.1) is 12.2 Å². The van der Waals surface area contributed by atoms with Crippen LogP contribution in [0.2, 0.25) is 0 Å². The van der Waals surface area contributed by atoms with Gasteiger partial charge in [-0.2, -0.15) is 0 Å². The highest BCUT2D eigenvalue weighted by molar-refractivity contribution is 5.96. The molecule has 0 aliphatic carbocycles. The van der Waals surface area contributed by atoms with Gasteiger partial charge >= 0.3 is 0 Å². The number of benzene rings is 1. The van der Waals surface area contributed by atoms with Crippen LogP contribution >= 0.6 is 0 Å². The SMILES string of the molecule is CCOc1ccccc1C(=O)NCCCN1CCC(C)CC1. The molecule has 0 aromatic heterocycles. The molecule has 4 heteroatoms. The quantitative estimate of drug-likeness (QED) is 0.788. The van der Waals surface area contributed by atoms with Crippen LogP contribution in [0.1, 0.15) is 43.5 Å². The third kappa shape index (κ3) is 5.02. The number of carbonyl (C=O) groups is 1. The molecule has 4 nitrogen and oxygen atoms in total. The molecule has 0 radical (unpaired) electrons. The van der Waals surface area contributed by atoms with E-state index in [1.165, 1.54) is 25.9 Å². The van der Waals surface area contributed by atoms with Crippen molar-refractivity contribution >= 4 is 5.91 Å². The maximum Gasteiger partial charge on any atom is 0.255 e. The number of likely N-dealkylation sites (tertiary alicyclic amines) is 1. The zero-order chi connectivity index (χ0) is 15.8. The van der Waals surface area contributed by atoms with Gasteiger partial charge in [-0.15, -0.1) is 0 Å². The van der Waals surface area contributed by atoms with Gasteiger partial charge in [0, 0.05) is 6.54 Å². The number of carbonyl (C=O) groups excluding carboxylic acids is 1. The summed E-state index contributed by atoms with van der Waals surface area (Å²) in [6, 6.07) is 7.41. The van der Waals surface area contributed by atoms with E-state index in [0.29, 0.717) is 24.5 Å². The highest BCUT2D eigenvalue weighted by atomic mass is 16.5. The van der Waals surface area contributed by atoms with Crippen LogP contribution in [0, 0.1) is 5.92 Å². The number of para-hydroxylation sites is 1. The predicted octanol–water partition coefficient (Wildman–Crippen LogP) is 2.94. The highest BCUT2D eigenvalue weighted by Gasteiger charge is 2.15. The van der Waals surface area contributed by atoms with Crippen LogP contribution in [0.4, 0.5) is 0 Å². The third-order valence-electron chi connectivity index (χ3n) is 4.24. The minimum atomic E-state index is -0.0451. The van der Waals surface area contributed by atoms with E-state index in [2.05, 4.69) is 17.1 Å². The van der Waals surface area contributed by atoms with E-state index in [1.807, 2.05) is 31.2 Å². The minimum Gasteiger partial charge on any atom is -0.493 e. The fourth-order valence-corrected chi connectivity index (χ4v) is 2.82. The van der Waals surface area contributed by atoms with Gasteiger partial charge in [0.1, 0.15) is 5.75 Å². The van der Waals surface area contributed by atoms with E-state index in [4.69, 9.17) is 4.74 Å². The summed E-state index contributed by atoms with van der Waals surface area (Å²) in [7, 11) is 0. The van der Waals surface area contributed by atoms with Crippen molar-refractivity contribution in [2.75, 3.05) is 32.8 Å². The molecule has 1 saturated heterocycles. The molecular formula is C18H28N2O2. The standard InChI is InChI=1S/C18H28N2O2/c1-3-22-17-8-5-4-7-16(17)18(21)19-11-6-12-20-13-9-15(2)10-14-20/h4-5,7-8,15H,3,6,9-14H2,1-2H3,(H,19,21). The first-order chi connectivity index (χ1) is 10.7. The van der Waals surface area contributed by atoms with E-state index < -0.39 is 0 Å². The van der Waals surface area contributed by atoms with Gasteiger partial charge in [-0.05, 0) is 63.9 Å². The second-order valence-electron chi connectivity index (χ2n) is 6.06. The second kappa shape index (κ2) is 8.79. The van der Waals surface area contributed by atoms with Crippen molar-refractivity contribution in [2.45, 2.75) is 33.1 Å². The molecule has 1 fully saturated rings. The molecule has 1 heterocycles. The molecule has 0 saturated carbocycles. The first-order valence-electron chi connectivity index (χ1n) is 8.43.